The first-order chi connectivity index (χ1) is 9.38. The average molecular weight is 301 g/mol. The standard InChI is InChI=1S/C14H12ClF3N2/c1-9(12-4-2-3-7-19-12)20-13-6-5-10(15)8-11(13)14(16,17)18/h2-9,20H,1H3. The maximum absolute atomic E-state index is 13.0. The van der Waals surface area contributed by atoms with Crippen LogP contribution in [0.15, 0.2) is 42.6 Å². The molecule has 1 atom stereocenters. The molecule has 2 rings (SSSR count). The molecule has 0 fully saturated rings. The third-order valence-corrected chi connectivity index (χ3v) is 3.03. The van der Waals surface area contributed by atoms with E-state index in [1.165, 1.54) is 12.1 Å². The van der Waals surface area contributed by atoms with E-state index in [0.29, 0.717) is 5.69 Å². The van der Waals surface area contributed by atoms with Gasteiger partial charge in [-0.1, -0.05) is 17.7 Å². The molecule has 0 saturated carbocycles. The predicted molar refractivity (Wildman–Crippen MR) is 72.7 cm³/mol. The summed E-state index contributed by atoms with van der Waals surface area (Å²) in [4.78, 5) is 4.11. The van der Waals surface area contributed by atoms with Gasteiger partial charge in [-0.15, -0.1) is 0 Å². The maximum Gasteiger partial charge on any atom is 0.418 e. The van der Waals surface area contributed by atoms with Gasteiger partial charge in [0.25, 0.3) is 0 Å². The predicted octanol–water partition coefficient (Wildman–Crippen LogP) is 4.93. The fourth-order valence-electron chi connectivity index (χ4n) is 1.82. The molecule has 6 heteroatoms. The van der Waals surface area contributed by atoms with Gasteiger partial charge in [0.1, 0.15) is 0 Å². The minimum atomic E-state index is -4.46. The van der Waals surface area contributed by atoms with Gasteiger partial charge >= 0.3 is 6.18 Å². The molecule has 0 amide bonds. The Morgan fingerprint density at radius 2 is 1.95 bits per heavy atom. The van der Waals surface area contributed by atoms with Gasteiger partial charge in [0.2, 0.25) is 0 Å². The number of hydrogen-bond donors (Lipinski definition) is 1. The number of aromatic nitrogens is 1. The second kappa shape index (κ2) is 5.71. The highest BCUT2D eigenvalue weighted by Crippen LogP contribution is 2.37. The van der Waals surface area contributed by atoms with Crippen LogP contribution in [0.2, 0.25) is 5.02 Å². The molecule has 20 heavy (non-hydrogen) atoms. The van der Waals surface area contributed by atoms with Crippen molar-refractivity contribution >= 4 is 17.3 Å². The molecule has 0 saturated heterocycles. The van der Waals surface area contributed by atoms with E-state index in [1.807, 2.05) is 0 Å². The summed E-state index contributed by atoms with van der Waals surface area (Å²) in [6, 6.07) is 8.59. The van der Waals surface area contributed by atoms with E-state index in [0.717, 1.165) is 6.07 Å². The summed E-state index contributed by atoms with van der Waals surface area (Å²) < 4.78 is 38.9. The molecular weight excluding hydrogens is 289 g/mol. The SMILES string of the molecule is CC(Nc1ccc(Cl)cc1C(F)(F)F)c1ccccn1. The lowest BCUT2D eigenvalue weighted by Gasteiger charge is -2.19. The first-order valence-corrected chi connectivity index (χ1v) is 6.30. The Bertz CT molecular complexity index is 585. The largest absolute Gasteiger partial charge is 0.418 e. The lowest BCUT2D eigenvalue weighted by molar-refractivity contribution is -0.137. The van der Waals surface area contributed by atoms with Crippen molar-refractivity contribution in [2.45, 2.75) is 19.1 Å². The van der Waals surface area contributed by atoms with Gasteiger partial charge in [-0.3, -0.25) is 4.98 Å². The molecule has 2 aromatic rings. The van der Waals surface area contributed by atoms with Crippen LogP contribution in [0.3, 0.4) is 0 Å². The van der Waals surface area contributed by atoms with Crippen molar-refractivity contribution in [3.05, 3.63) is 58.9 Å². The molecular formula is C14H12ClF3N2. The first kappa shape index (κ1) is 14.7. The van der Waals surface area contributed by atoms with E-state index in [9.17, 15) is 13.2 Å². The number of pyridine rings is 1. The molecule has 1 aromatic heterocycles. The lowest BCUT2D eigenvalue weighted by atomic mass is 10.1. The van der Waals surface area contributed by atoms with Crippen molar-refractivity contribution in [2.24, 2.45) is 0 Å². The Labute approximate surface area is 119 Å². The van der Waals surface area contributed by atoms with E-state index in [1.54, 1.807) is 31.3 Å². The van der Waals surface area contributed by atoms with Crippen LogP contribution in [0.25, 0.3) is 0 Å². The number of nitrogens with one attached hydrogen (secondary N) is 1. The van der Waals surface area contributed by atoms with Crippen LogP contribution in [0.5, 0.6) is 0 Å². The maximum atomic E-state index is 13.0. The highest BCUT2D eigenvalue weighted by molar-refractivity contribution is 6.30. The summed E-state index contributed by atoms with van der Waals surface area (Å²) in [6.07, 6.45) is -2.86. The van der Waals surface area contributed by atoms with Crippen molar-refractivity contribution in [3.63, 3.8) is 0 Å². The van der Waals surface area contributed by atoms with Crippen LogP contribution in [-0.2, 0) is 6.18 Å². The number of nitrogens with zero attached hydrogens (tertiary/aromatic N) is 1. The van der Waals surface area contributed by atoms with Gasteiger partial charge in [0.05, 0.1) is 17.3 Å². The molecule has 0 radical (unpaired) electrons. The van der Waals surface area contributed by atoms with E-state index in [-0.39, 0.29) is 16.8 Å². The lowest BCUT2D eigenvalue weighted by Crippen LogP contribution is -2.14. The van der Waals surface area contributed by atoms with E-state index >= 15 is 0 Å². The van der Waals surface area contributed by atoms with Gasteiger partial charge < -0.3 is 5.32 Å². The first-order valence-electron chi connectivity index (χ1n) is 5.92. The summed E-state index contributed by atoms with van der Waals surface area (Å²) in [6.45, 7) is 1.75. The van der Waals surface area contributed by atoms with Gasteiger partial charge in [0.15, 0.2) is 0 Å². The Morgan fingerprint density at radius 1 is 1.20 bits per heavy atom. The highest BCUT2D eigenvalue weighted by atomic mass is 35.5. The normalized spacial score (nSPS) is 13.1. The fourth-order valence-corrected chi connectivity index (χ4v) is 1.99. The summed E-state index contributed by atoms with van der Waals surface area (Å²) in [5, 5.41) is 2.87. The Balaban J connectivity index is 2.30. The summed E-state index contributed by atoms with van der Waals surface area (Å²) in [5.74, 6) is 0. The van der Waals surface area contributed by atoms with Gasteiger partial charge in [0, 0.05) is 16.9 Å². The number of alkyl halides is 3. The third-order valence-electron chi connectivity index (χ3n) is 2.79. The van der Waals surface area contributed by atoms with Gasteiger partial charge in [-0.25, -0.2) is 0 Å². The molecule has 1 heterocycles. The minimum absolute atomic E-state index is 0.0138. The second-order valence-electron chi connectivity index (χ2n) is 4.31. The molecule has 1 aromatic carbocycles. The fraction of sp³-hybridized carbons (Fsp3) is 0.214. The van der Waals surface area contributed by atoms with Crippen molar-refractivity contribution in [3.8, 4) is 0 Å². The van der Waals surface area contributed by atoms with Crippen LogP contribution in [-0.4, -0.2) is 4.98 Å². The van der Waals surface area contributed by atoms with Crippen molar-refractivity contribution in [1.29, 1.82) is 0 Å². The van der Waals surface area contributed by atoms with Gasteiger partial charge in [-0.05, 0) is 37.3 Å². The molecule has 1 unspecified atom stereocenters. The molecule has 1 N–H and O–H groups in total. The van der Waals surface area contributed by atoms with Crippen molar-refractivity contribution in [1.82, 2.24) is 4.98 Å². The highest BCUT2D eigenvalue weighted by Gasteiger charge is 2.34. The van der Waals surface area contributed by atoms with Crippen LogP contribution in [0.1, 0.15) is 24.2 Å². The van der Waals surface area contributed by atoms with E-state index in [4.69, 9.17) is 11.6 Å². The monoisotopic (exact) mass is 300 g/mol. The van der Waals surface area contributed by atoms with Crippen molar-refractivity contribution in [2.75, 3.05) is 5.32 Å². The Kier molecular flexibility index (Phi) is 4.18. The molecule has 106 valence electrons. The third kappa shape index (κ3) is 3.42. The van der Waals surface area contributed by atoms with Crippen LogP contribution in [0.4, 0.5) is 18.9 Å². The Hall–Kier alpha value is -1.75. The summed E-state index contributed by atoms with van der Waals surface area (Å²) >= 11 is 5.64. The van der Waals surface area contributed by atoms with Crippen LogP contribution >= 0.6 is 11.6 Å². The summed E-state index contributed by atoms with van der Waals surface area (Å²) in [7, 11) is 0. The van der Waals surface area contributed by atoms with Crippen molar-refractivity contribution < 1.29 is 13.2 Å². The van der Waals surface area contributed by atoms with Crippen LogP contribution in [0, 0.1) is 0 Å². The average Bonchev–Trinajstić information content (AvgIpc) is 2.40. The van der Waals surface area contributed by atoms with Crippen LogP contribution < -0.4 is 5.32 Å². The number of benzene rings is 1. The second-order valence-corrected chi connectivity index (χ2v) is 4.74. The number of rotatable bonds is 3. The quantitative estimate of drug-likeness (QED) is 0.869. The molecule has 0 aliphatic carbocycles. The molecule has 0 aliphatic heterocycles. The molecule has 2 nitrogen and oxygen atoms in total. The summed E-state index contributed by atoms with van der Waals surface area (Å²) in [5.41, 5.74) is -0.136. The zero-order chi connectivity index (χ0) is 14.8. The number of hydrogen-bond acceptors (Lipinski definition) is 2. The van der Waals surface area contributed by atoms with E-state index in [2.05, 4.69) is 10.3 Å². The number of halogens is 4. The van der Waals surface area contributed by atoms with Gasteiger partial charge in [-0.2, -0.15) is 13.2 Å². The molecule has 0 bridgehead atoms. The Morgan fingerprint density at radius 3 is 2.55 bits per heavy atom. The minimum Gasteiger partial charge on any atom is -0.376 e. The zero-order valence-corrected chi connectivity index (χ0v) is 11.3. The topological polar surface area (TPSA) is 24.9 Å². The number of anilines is 1. The smallest absolute Gasteiger partial charge is 0.376 e. The zero-order valence-electron chi connectivity index (χ0n) is 10.6. The molecule has 0 aliphatic rings. The molecule has 0 spiro atoms. The van der Waals surface area contributed by atoms with E-state index < -0.39 is 11.7 Å².